The van der Waals surface area contributed by atoms with E-state index >= 15 is 0 Å². The van der Waals surface area contributed by atoms with Crippen molar-refractivity contribution in [3.05, 3.63) is 35.4 Å². The minimum absolute atomic E-state index is 0. The molecule has 1 fully saturated rings. The molecule has 0 radical (unpaired) electrons. The highest BCUT2D eigenvalue weighted by atomic mass is 35.5. The summed E-state index contributed by atoms with van der Waals surface area (Å²) in [4.78, 5) is 13.7. The zero-order valence-corrected chi connectivity index (χ0v) is 12.1. The van der Waals surface area contributed by atoms with Gasteiger partial charge in [-0.05, 0) is 31.4 Å². The van der Waals surface area contributed by atoms with E-state index < -0.39 is 11.6 Å². The first-order chi connectivity index (χ1) is 8.99. The van der Waals surface area contributed by atoms with Crippen LogP contribution in [0.1, 0.15) is 18.9 Å². The van der Waals surface area contributed by atoms with Crippen LogP contribution in [0, 0.1) is 17.6 Å². The molecule has 0 spiro atoms. The van der Waals surface area contributed by atoms with Crippen LogP contribution < -0.4 is 5.73 Å². The van der Waals surface area contributed by atoms with Gasteiger partial charge in [-0.15, -0.1) is 12.4 Å². The van der Waals surface area contributed by atoms with Gasteiger partial charge in [0, 0.05) is 24.7 Å². The summed E-state index contributed by atoms with van der Waals surface area (Å²) in [6, 6.07) is 3.66. The molecule has 0 saturated carbocycles. The van der Waals surface area contributed by atoms with Crippen LogP contribution in [0.15, 0.2) is 18.2 Å². The second kappa shape index (κ2) is 6.99. The van der Waals surface area contributed by atoms with Crippen molar-refractivity contribution in [1.82, 2.24) is 4.90 Å². The van der Waals surface area contributed by atoms with Gasteiger partial charge in [-0.2, -0.15) is 0 Å². The summed E-state index contributed by atoms with van der Waals surface area (Å²) < 4.78 is 26.9. The second-order valence-electron chi connectivity index (χ2n) is 5.12. The summed E-state index contributed by atoms with van der Waals surface area (Å²) in [6.07, 6.45) is 0.618. The smallest absolute Gasteiger partial charge is 0.227 e. The molecule has 6 heteroatoms. The summed E-state index contributed by atoms with van der Waals surface area (Å²) in [5.41, 5.74) is 5.65. The molecule has 20 heavy (non-hydrogen) atoms. The Hall–Kier alpha value is -1.20. The number of hydrogen-bond acceptors (Lipinski definition) is 2. The van der Waals surface area contributed by atoms with Crippen LogP contribution in [-0.2, 0) is 11.2 Å². The van der Waals surface area contributed by atoms with Gasteiger partial charge in [-0.25, -0.2) is 8.78 Å². The summed E-state index contributed by atoms with van der Waals surface area (Å²) in [6.45, 7) is 3.10. The monoisotopic (exact) mass is 304 g/mol. The Bertz CT molecular complexity index is 462. The van der Waals surface area contributed by atoms with Crippen LogP contribution in [0.3, 0.4) is 0 Å². The third kappa shape index (κ3) is 3.67. The maximum atomic E-state index is 13.5. The third-order valence-corrected chi connectivity index (χ3v) is 3.71. The van der Waals surface area contributed by atoms with E-state index in [0.717, 1.165) is 6.42 Å². The normalized spacial score (nSPS) is 19.6. The Labute approximate surface area is 123 Å². The van der Waals surface area contributed by atoms with Crippen molar-refractivity contribution in [1.29, 1.82) is 0 Å². The van der Waals surface area contributed by atoms with Gasteiger partial charge in [0.05, 0.1) is 6.42 Å². The average Bonchev–Trinajstić information content (AvgIpc) is 2.83. The number of amides is 1. The van der Waals surface area contributed by atoms with Crippen LogP contribution in [0.25, 0.3) is 0 Å². The Morgan fingerprint density at radius 2 is 2.05 bits per heavy atom. The summed E-state index contributed by atoms with van der Waals surface area (Å²) >= 11 is 0. The van der Waals surface area contributed by atoms with Gasteiger partial charge >= 0.3 is 0 Å². The van der Waals surface area contributed by atoms with Crippen LogP contribution in [-0.4, -0.2) is 29.9 Å². The van der Waals surface area contributed by atoms with Crippen LogP contribution >= 0.6 is 12.4 Å². The van der Waals surface area contributed by atoms with E-state index in [1.807, 2.05) is 6.92 Å². The van der Waals surface area contributed by atoms with Gasteiger partial charge in [0.2, 0.25) is 5.91 Å². The minimum atomic E-state index is -0.670. The number of benzene rings is 1. The van der Waals surface area contributed by atoms with Gasteiger partial charge < -0.3 is 10.6 Å². The summed E-state index contributed by atoms with van der Waals surface area (Å²) in [5.74, 6) is -1.31. The molecule has 2 unspecified atom stereocenters. The number of carbonyl (C=O) groups is 1. The molecule has 3 nitrogen and oxygen atoms in total. The zero-order chi connectivity index (χ0) is 14.0. The van der Waals surface area contributed by atoms with Crippen molar-refractivity contribution in [3.8, 4) is 0 Å². The Morgan fingerprint density at radius 3 is 2.55 bits per heavy atom. The molecule has 1 amide bonds. The van der Waals surface area contributed by atoms with Crippen molar-refractivity contribution < 1.29 is 13.6 Å². The Balaban J connectivity index is 0.00000200. The zero-order valence-electron chi connectivity index (χ0n) is 11.3. The molecule has 1 aromatic carbocycles. The molecular formula is C14H19ClF2N2O. The van der Waals surface area contributed by atoms with Gasteiger partial charge in [0.25, 0.3) is 0 Å². The second-order valence-corrected chi connectivity index (χ2v) is 5.12. The first-order valence-electron chi connectivity index (χ1n) is 6.45. The highest BCUT2D eigenvalue weighted by molar-refractivity contribution is 5.85. The Morgan fingerprint density at radius 1 is 1.45 bits per heavy atom. The lowest BCUT2D eigenvalue weighted by atomic mass is 10.0. The van der Waals surface area contributed by atoms with Gasteiger partial charge in [-0.3, -0.25) is 4.79 Å². The van der Waals surface area contributed by atoms with Gasteiger partial charge in [0.15, 0.2) is 0 Å². The number of halogens is 3. The number of hydrogen-bond donors (Lipinski definition) is 1. The predicted molar refractivity (Wildman–Crippen MR) is 75.6 cm³/mol. The number of nitrogens with two attached hydrogens (primary N) is 1. The fraction of sp³-hybridized carbons (Fsp3) is 0.500. The lowest BCUT2D eigenvalue weighted by Gasteiger charge is -2.18. The largest absolute Gasteiger partial charge is 0.342 e. The molecule has 2 N–H and O–H groups in total. The van der Waals surface area contributed by atoms with Crippen molar-refractivity contribution in [2.24, 2.45) is 11.7 Å². The van der Waals surface area contributed by atoms with Crippen LogP contribution in [0.2, 0.25) is 0 Å². The van der Waals surface area contributed by atoms with E-state index in [4.69, 9.17) is 5.73 Å². The number of carbonyl (C=O) groups excluding carboxylic acids is 1. The molecule has 0 bridgehead atoms. The highest BCUT2D eigenvalue weighted by Gasteiger charge is 2.29. The SMILES string of the molecule is CC(N)C1CCN(C(=O)Cc2c(F)cccc2F)C1.Cl. The first-order valence-corrected chi connectivity index (χ1v) is 6.45. The van der Waals surface area contributed by atoms with E-state index in [9.17, 15) is 13.6 Å². The van der Waals surface area contributed by atoms with E-state index in [1.165, 1.54) is 18.2 Å². The fourth-order valence-corrected chi connectivity index (χ4v) is 2.41. The molecular weight excluding hydrogens is 286 g/mol. The maximum Gasteiger partial charge on any atom is 0.227 e. The predicted octanol–water partition coefficient (Wildman–Crippen LogP) is 2.12. The van der Waals surface area contributed by atoms with Crippen molar-refractivity contribution >= 4 is 18.3 Å². The van der Waals surface area contributed by atoms with Crippen molar-refractivity contribution in [2.45, 2.75) is 25.8 Å². The molecule has 1 aliphatic heterocycles. The summed E-state index contributed by atoms with van der Waals surface area (Å²) in [5, 5.41) is 0. The van der Waals surface area contributed by atoms with E-state index in [-0.39, 0.29) is 42.3 Å². The number of nitrogens with zero attached hydrogens (tertiary/aromatic N) is 1. The van der Waals surface area contributed by atoms with Gasteiger partial charge in [-0.1, -0.05) is 6.07 Å². The molecule has 2 rings (SSSR count). The highest BCUT2D eigenvalue weighted by Crippen LogP contribution is 2.21. The minimum Gasteiger partial charge on any atom is -0.342 e. The van der Waals surface area contributed by atoms with Crippen molar-refractivity contribution in [2.75, 3.05) is 13.1 Å². The molecule has 1 heterocycles. The lowest BCUT2D eigenvalue weighted by molar-refractivity contribution is -0.129. The quantitative estimate of drug-likeness (QED) is 0.930. The average molecular weight is 305 g/mol. The fourth-order valence-electron chi connectivity index (χ4n) is 2.41. The Kier molecular flexibility index (Phi) is 5.89. The molecule has 1 aliphatic rings. The van der Waals surface area contributed by atoms with Crippen LogP contribution in [0.4, 0.5) is 8.78 Å². The van der Waals surface area contributed by atoms with E-state index in [0.29, 0.717) is 13.1 Å². The van der Waals surface area contributed by atoms with E-state index in [1.54, 1.807) is 4.90 Å². The van der Waals surface area contributed by atoms with Crippen LogP contribution in [0.5, 0.6) is 0 Å². The van der Waals surface area contributed by atoms with Crippen molar-refractivity contribution in [3.63, 3.8) is 0 Å². The standard InChI is InChI=1S/C14H18F2N2O.ClH/c1-9(17)10-5-6-18(8-10)14(19)7-11-12(15)3-2-4-13(11)16;/h2-4,9-10H,5-8,17H2,1H3;1H. The van der Waals surface area contributed by atoms with Gasteiger partial charge in [0.1, 0.15) is 11.6 Å². The third-order valence-electron chi connectivity index (χ3n) is 3.71. The molecule has 2 atom stereocenters. The summed E-state index contributed by atoms with van der Waals surface area (Å²) in [7, 11) is 0. The number of likely N-dealkylation sites (tertiary alicyclic amines) is 1. The molecule has 1 aromatic rings. The molecule has 0 aliphatic carbocycles. The molecule has 0 aromatic heterocycles. The first kappa shape index (κ1) is 16.9. The van der Waals surface area contributed by atoms with E-state index in [2.05, 4.69) is 0 Å². The lowest BCUT2D eigenvalue weighted by Crippen LogP contribution is -2.34. The molecule has 1 saturated heterocycles. The maximum absolute atomic E-state index is 13.5. The number of rotatable bonds is 3. The molecule has 112 valence electrons. The topological polar surface area (TPSA) is 46.3 Å².